The molecule has 2 unspecified atom stereocenters. The largest absolute Gasteiger partial charge is 0.545 e. The third-order valence-electron chi connectivity index (χ3n) is 16.8. The van der Waals surface area contributed by atoms with Crippen molar-refractivity contribution in [2.24, 2.45) is 0 Å². The first kappa shape index (κ1) is 99.8. The second-order valence-corrected chi connectivity index (χ2v) is 27.9. The molecule has 596 valence electrons. The van der Waals surface area contributed by atoms with Gasteiger partial charge in [0.05, 0.1) is 40.3 Å². The maximum Gasteiger partial charge on any atom is 0.306 e. The first-order valence-corrected chi connectivity index (χ1v) is 41.8. The predicted molar refractivity (Wildman–Crippen MR) is 462 cm³/mol. The second-order valence-electron chi connectivity index (χ2n) is 27.9. The van der Waals surface area contributed by atoms with Crippen LogP contribution in [0.3, 0.4) is 0 Å². The molecule has 0 amide bonds. The molecule has 0 saturated carbocycles. The van der Waals surface area contributed by atoms with Crippen LogP contribution in [0, 0.1) is 0 Å². The summed E-state index contributed by atoms with van der Waals surface area (Å²) in [6.45, 7) is 4.46. The summed E-state index contributed by atoms with van der Waals surface area (Å²) in [4.78, 5) is 37.6. The Balaban J connectivity index is 4.18. The number of carbonyl (C=O) groups is 3. The number of esters is 2. The minimum absolute atomic E-state index is 0.130. The quantitative estimate of drug-likeness (QED) is 0.0195. The molecule has 2 atom stereocenters. The summed E-state index contributed by atoms with van der Waals surface area (Å²) in [6, 6.07) is 0. The van der Waals surface area contributed by atoms with Crippen LogP contribution in [0.4, 0.5) is 0 Å². The Morgan fingerprint density at radius 1 is 0.280 bits per heavy atom. The molecule has 0 rings (SSSR count). The van der Waals surface area contributed by atoms with Crippen molar-refractivity contribution in [3.8, 4) is 0 Å². The highest BCUT2D eigenvalue weighted by Crippen LogP contribution is 2.16. The lowest BCUT2D eigenvalue weighted by Crippen LogP contribution is -2.44. The van der Waals surface area contributed by atoms with E-state index in [2.05, 4.69) is 269 Å². The average Bonchev–Trinajstić information content (AvgIpc) is 0.965. The van der Waals surface area contributed by atoms with Gasteiger partial charge in [0.1, 0.15) is 13.2 Å². The molecule has 0 aliphatic carbocycles. The summed E-state index contributed by atoms with van der Waals surface area (Å²) in [7, 11) is 5.91. The normalized spacial score (nSPS) is 14.0. The van der Waals surface area contributed by atoms with Crippen LogP contribution in [0.2, 0.25) is 0 Å². The fourth-order valence-electron chi connectivity index (χ4n) is 10.5. The first-order valence-electron chi connectivity index (χ1n) is 41.8. The van der Waals surface area contributed by atoms with E-state index in [-0.39, 0.29) is 38.6 Å². The molecule has 0 aliphatic heterocycles. The number of carboxylic acid groups (broad SMARTS) is 1. The minimum Gasteiger partial charge on any atom is -0.545 e. The Hall–Kier alpha value is -7.17. The van der Waals surface area contributed by atoms with Gasteiger partial charge in [-0.15, -0.1) is 0 Å². The average molecular weight is 1470 g/mol. The van der Waals surface area contributed by atoms with Gasteiger partial charge in [-0.05, 0) is 173 Å². The molecule has 0 spiro atoms. The van der Waals surface area contributed by atoms with Gasteiger partial charge in [-0.3, -0.25) is 9.59 Å². The number of quaternary nitrogens is 1. The number of ether oxygens (including phenoxy) is 4. The van der Waals surface area contributed by atoms with Crippen LogP contribution in [0.5, 0.6) is 0 Å². The van der Waals surface area contributed by atoms with E-state index in [9.17, 15) is 19.5 Å². The molecule has 0 bridgehead atoms. The maximum absolute atomic E-state index is 13.0. The summed E-state index contributed by atoms with van der Waals surface area (Å²) in [5.74, 6) is -2.34. The Labute approximate surface area is 655 Å². The Morgan fingerprint density at radius 2 is 0.505 bits per heavy atom. The minimum atomic E-state index is -1.65. The number of aliphatic carboxylic acids is 1. The highest BCUT2D eigenvalue weighted by molar-refractivity contribution is 5.70. The number of hydrogen-bond acceptors (Lipinski definition) is 8. The van der Waals surface area contributed by atoms with Gasteiger partial charge in [0.15, 0.2) is 12.4 Å². The van der Waals surface area contributed by atoms with Gasteiger partial charge in [-0.25, -0.2) is 0 Å². The predicted octanol–water partition coefficient (Wildman–Crippen LogP) is 26.4. The van der Waals surface area contributed by atoms with E-state index in [1.807, 2.05) is 21.1 Å². The van der Waals surface area contributed by atoms with E-state index < -0.39 is 24.3 Å². The molecule has 0 aliphatic rings. The lowest BCUT2D eigenvalue weighted by atomic mass is 10.0. The maximum atomic E-state index is 13.0. The summed E-state index contributed by atoms with van der Waals surface area (Å²) < 4.78 is 22.8. The van der Waals surface area contributed by atoms with Crippen LogP contribution in [0.25, 0.3) is 0 Å². The number of hydrogen-bond donors (Lipinski definition) is 0. The van der Waals surface area contributed by atoms with E-state index >= 15 is 0 Å². The van der Waals surface area contributed by atoms with Gasteiger partial charge in [0, 0.05) is 12.8 Å². The highest BCUT2D eigenvalue weighted by Gasteiger charge is 2.22. The summed E-state index contributed by atoms with van der Waals surface area (Å²) in [5, 5.41) is 11.9. The molecule has 9 heteroatoms. The first-order chi connectivity index (χ1) is 52.6. The molecule has 0 aromatic carbocycles. The highest BCUT2D eigenvalue weighted by atomic mass is 16.7. The fourth-order valence-corrected chi connectivity index (χ4v) is 10.5. The molecule has 0 N–H and O–H groups in total. The third kappa shape index (κ3) is 86.0. The standard InChI is InChI=1S/C98H151NO8/c1-6-8-10-12-14-16-18-20-22-24-26-28-30-32-34-36-38-40-42-44-46-48-50-52-54-56-58-60-62-64-66-68-70-72-74-76-78-80-82-84-86-88-95(100)105-92-94(93-106-98(97(102)103)104-91-90-99(3,4)5)107-96(101)89-87-85-83-81-79-77-75-73-71-69-67-65-63-61-59-57-55-53-51-49-47-45-43-41-39-37-35-33-31-29-27-25-23-21-19-17-15-13-11-9-7-2/h8-11,14-17,20-23,26-29,32-35,38-41,44-47,50-53,56-59,63,65,69,71,75,77,94,98H,6-7,12-13,18-19,24-25,30-31,36-37,42-43,48-49,54-55,60-62,64,66-68,70,72-74,76,78-93H2,1-5H3/b10-8-,11-9-,16-14-,17-15-,22-20-,23-21-,28-26-,29-27-,34-32-,35-33-,40-38-,41-39-,46-44-,47-45-,52-50-,53-51-,58-56-,59-57-,65-63-,71-69-,77-75-. The lowest BCUT2D eigenvalue weighted by Gasteiger charge is -2.26. The van der Waals surface area contributed by atoms with Crippen LogP contribution >= 0.6 is 0 Å². The monoisotopic (exact) mass is 1470 g/mol. The van der Waals surface area contributed by atoms with Crippen molar-refractivity contribution in [1.82, 2.24) is 0 Å². The van der Waals surface area contributed by atoms with Crippen LogP contribution in [0.15, 0.2) is 255 Å². The molecule has 9 nitrogen and oxygen atoms in total. The molecule has 0 aromatic heterocycles. The molecule has 0 saturated heterocycles. The topological polar surface area (TPSA) is 111 Å². The zero-order valence-electron chi connectivity index (χ0n) is 68.1. The van der Waals surface area contributed by atoms with Gasteiger partial charge in [0.25, 0.3) is 0 Å². The number of carbonyl (C=O) groups excluding carboxylic acids is 3. The Kier molecular flexibility index (Phi) is 78.8. The second kappa shape index (κ2) is 84.5. The zero-order valence-corrected chi connectivity index (χ0v) is 68.1. The van der Waals surface area contributed by atoms with Gasteiger partial charge < -0.3 is 33.3 Å². The SMILES string of the molecule is CC/C=C\C/C=C\C/C=C\C/C=C\C/C=C\C/C=C\C/C=C\C/C=C\C/C=C\C/C=C\C/C=C\C/C=C\CCCCCCC(=O)OC(COC(=O)CCCCCCCCCCCCCCC/C=C\C/C=C\C/C=C\C/C=C\C/C=C\C/C=C\C/C=C\C/C=C\C/C=C\CC)COC(OCC[N+](C)(C)C)C(=O)[O-]. The summed E-state index contributed by atoms with van der Waals surface area (Å²) >= 11 is 0. The molecule has 0 fully saturated rings. The molecule has 0 heterocycles. The van der Waals surface area contributed by atoms with Crippen LogP contribution in [0.1, 0.15) is 284 Å². The zero-order chi connectivity index (χ0) is 77.4. The van der Waals surface area contributed by atoms with Crippen LogP contribution in [-0.2, 0) is 33.3 Å². The van der Waals surface area contributed by atoms with Crippen molar-refractivity contribution in [2.45, 2.75) is 296 Å². The van der Waals surface area contributed by atoms with E-state index in [1.165, 1.54) is 64.2 Å². The number of carboxylic acids is 1. The summed E-state index contributed by atoms with van der Waals surface area (Å²) in [6.07, 6.45) is 134. The van der Waals surface area contributed by atoms with Crippen molar-refractivity contribution in [3.63, 3.8) is 0 Å². The van der Waals surface area contributed by atoms with E-state index in [1.54, 1.807) is 0 Å². The van der Waals surface area contributed by atoms with E-state index in [0.717, 1.165) is 186 Å². The summed E-state index contributed by atoms with van der Waals surface area (Å²) in [5.41, 5.74) is 0. The fraction of sp³-hybridized carbons (Fsp3) is 0.541. The number of unbranched alkanes of at least 4 members (excludes halogenated alkanes) is 17. The Bertz CT molecular complexity index is 2730. The third-order valence-corrected chi connectivity index (χ3v) is 16.8. The number of likely N-dealkylation sites (N-methyl/N-ethyl adjacent to an activating group) is 1. The van der Waals surface area contributed by atoms with Gasteiger partial charge >= 0.3 is 11.9 Å². The van der Waals surface area contributed by atoms with Crippen molar-refractivity contribution in [3.05, 3.63) is 255 Å². The lowest BCUT2D eigenvalue weighted by molar-refractivity contribution is -0.870. The molecular weight excluding hydrogens is 1320 g/mol. The van der Waals surface area contributed by atoms with E-state index in [4.69, 9.17) is 18.9 Å². The molecule has 0 radical (unpaired) electrons. The number of rotatable bonds is 74. The molecular formula is C98H151NO8. The van der Waals surface area contributed by atoms with Crippen molar-refractivity contribution in [1.29, 1.82) is 0 Å². The van der Waals surface area contributed by atoms with Gasteiger partial charge in [0.2, 0.25) is 0 Å². The number of nitrogens with zero attached hydrogens (tertiary/aromatic N) is 1. The van der Waals surface area contributed by atoms with Crippen LogP contribution in [-0.4, -0.2) is 82.3 Å². The van der Waals surface area contributed by atoms with Crippen molar-refractivity contribution < 1.29 is 42.9 Å². The number of allylic oxidation sites excluding steroid dienone is 42. The van der Waals surface area contributed by atoms with Crippen LogP contribution < -0.4 is 5.11 Å². The smallest absolute Gasteiger partial charge is 0.306 e. The molecule has 0 aromatic rings. The van der Waals surface area contributed by atoms with Gasteiger partial charge in [-0.1, -0.05) is 353 Å². The Morgan fingerprint density at radius 3 is 0.748 bits per heavy atom. The van der Waals surface area contributed by atoms with Gasteiger partial charge in [-0.2, -0.15) is 0 Å². The van der Waals surface area contributed by atoms with Crippen molar-refractivity contribution >= 4 is 17.9 Å². The van der Waals surface area contributed by atoms with E-state index in [0.29, 0.717) is 17.4 Å². The molecule has 107 heavy (non-hydrogen) atoms. The van der Waals surface area contributed by atoms with Crippen molar-refractivity contribution in [2.75, 3.05) is 47.5 Å².